The summed E-state index contributed by atoms with van der Waals surface area (Å²) in [7, 11) is 0. The number of aryl methyl sites for hydroxylation is 4. The van der Waals surface area contributed by atoms with Crippen LogP contribution in [0, 0.1) is 20.8 Å². The zero-order valence-electron chi connectivity index (χ0n) is 15.9. The SMILES string of the molecule is Cc1c(C(=O)Nn2c(C)ccc2C)sc2cc3c(cc12)CCC(C)(C)O3. The zero-order valence-corrected chi connectivity index (χ0v) is 16.7. The van der Waals surface area contributed by atoms with Crippen molar-refractivity contribution in [2.24, 2.45) is 0 Å². The first-order valence-corrected chi connectivity index (χ1v) is 9.78. The molecule has 1 aliphatic heterocycles. The van der Waals surface area contributed by atoms with Crippen LogP contribution in [0.3, 0.4) is 0 Å². The number of fused-ring (bicyclic) bond motifs is 2. The lowest BCUT2D eigenvalue weighted by molar-refractivity contribution is 0.0850. The van der Waals surface area contributed by atoms with Gasteiger partial charge in [0.1, 0.15) is 11.4 Å². The second kappa shape index (κ2) is 5.88. The fourth-order valence-electron chi connectivity index (χ4n) is 3.58. The van der Waals surface area contributed by atoms with Gasteiger partial charge in [-0.25, -0.2) is 0 Å². The molecule has 136 valence electrons. The van der Waals surface area contributed by atoms with Gasteiger partial charge < -0.3 is 4.74 Å². The fourth-order valence-corrected chi connectivity index (χ4v) is 4.69. The third kappa shape index (κ3) is 2.80. The van der Waals surface area contributed by atoms with Crippen LogP contribution in [0.2, 0.25) is 0 Å². The van der Waals surface area contributed by atoms with Crippen LogP contribution < -0.4 is 10.2 Å². The molecule has 0 saturated heterocycles. The Morgan fingerprint density at radius 1 is 1.19 bits per heavy atom. The maximum absolute atomic E-state index is 12.9. The van der Waals surface area contributed by atoms with Crippen molar-refractivity contribution in [3.05, 3.63) is 51.7 Å². The number of amides is 1. The van der Waals surface area contributed by atoms with E-state index in [0.29, 0.717) is 0 Å². The van der Waals surface area contributed by atoms with E-state index in [1.807, 2.05) is 37.6 Å². The summed E-state index contributed by atoms with van der Waals surface area (Å²) in [5, 5.41) is 1.16. The largest absolute Gasteiger partial charge is 0.488 e. The molecule has 0 bridgehead atoms. The van der Waals surface area contributed by atoms with Crippen LogP contribution in [0.15, 0.2) is 24.3 Å². The molecule has 2 aromatic heterocycles. The van der Waals surface area contributed by atoms with E-state index in [1.165, 1.54) is 16.9 Å². The second-order valence-corrected chi connectivity index (χ2v) is 8.82. The van der Waals surface area contributed by atoms with Crippen LogP contribution in [0.1, 0.15) is 52.5 Å². The molecule has 0 spiro atoms. The number of nitrogens with zero attached hydrogens (tertiary/aromatic N) is 1. The molecule has 1 amide bonds. The quantitative estimate of drug-likeness (QED) is 0.682. The van der Waals surface area contributed by atoms with Gasteiger partial charge in [0.2, 0.25) is 0 Å². The molecule has 0 atom stereocenters. The lowest BCUT2D eigenvalue weighted by Gasteiger charge is -2.32. The molecule has 1 aliphatic rings. The molecule has 3 heterocycles. The summed E-state index contributed by atoms with van der Waals surface area (Å²) in [6, 6.07) is 8.31. The Kier molecular flexibility index (Phi) is 3.88. The molecular weight excluding hydrogens is 344 g/mol. The number of nitrogens with one attached hydrogen (secondary N) is 1. The van der Waals surface area contributed by atoms with Crippen LogP contribution in [-0.2, 0) is 6.42 Å². The van der Waals surface area contributed by atoms with Crippen molar-refractivity contribution < 1.29 is 9.53 Å². The number of benzene rings is 1. The van der Waals surface area contributed by atoms with Gasteiger partial charge in [-0.3, -0.25) is 14.9 Å². The number of carbonyl (C=O) groups excluding carboxylic acids is 1. The predicted octanol–water partition coefficient (Wildman–Crippen LogP) is 5.12. The molecule has 0 saturated carbocycles. The van der Waals surface area contributed by atoms with Crippen molar-refractivity contribution in [3.8, 4) is 5.75 Å². The lowest BCUT2D eigenvalue weighted by atomic mass is 9.93. The number of carbonyl (C=O) groups is 1. The van der Waals surface area contributed by atoms with Crippen LogP contribution in [0.4, 0.5) is 0 Å². The van der Waals surface area contributed by atoms with Crippen LogP contribution >= 0.6 is 11.3 Å². The van der Waals surface area contributed by atoms with E-state index in [2.05, 4.69) is 31.4 Å². The molecule has 0 fully saturated rings. The van der Waals surface area contributed by atoms with Crippen LogP contribution in [0.5, 0.6) is 5.75 Å². The maximum Gasteiger partial charge on any atom is 0.280 e. The van der Waals surface area contributed by atoms with Gasteiger partial charge in [-0.15, -0.1) is 11.3 Å². The number of ether oxygens (including phenoxy) is 1. The molecule has 0 aliphatic carbocycles. The van der Waals surface area contributed by atoms with Gasteiger partial charge in [0.05, 0.1) is 4.88 Å². The van der Waals surface area contributed by atoms with E-state index in [4.69, 9.17) is 4.74 Å². The van der Waals surface area contributed by atoms with Gasteiger partial charge in [0.15, 0.2) is 0 Å². The lowest BCUT2D eigenvalue weighted by Crippen LogP contribution is -2.32. The molecule has 3 aromatic rings. The summed E-state index contributed by atoms with van der Waals surface area (Å²) in [4.78, 5) is 13.6. The van der Waals surface area contributed by atoms with Crippen LogP contribution in [0.25, 0.3) is 10.1 Å². The molecule has 4 nitrogen and oxygen atoms in total. The Labute approximate surface area is 157 Å². The highest BCUT2D eigenvalue weighted by Crippen LogP contribution is 2.40. The minimum Gasteiger partial charge on any atom is -0.488 e. The van der Waals surface area contributed by atoms with Crippen molar-refractivity contribution >= 4 is 27.3 Å². The summed E-state index contributed by atoms with van der Waals surface area (Å²) >= 11 is 1.53. The van der Waals surface area contributed by atoms with E-state index in [9.17, 15) is 4.79 Å². The first-order chi connectivity index (χ1) is 12.2. The minimum atomic E-state index is -0.128. The highest BCUT2D eigenvalue weighted by atomic mass is 32.1. The molecule has 5 heteroatoms. The summed E-state index contributed by atoms with van der Waals surface area (Å²) < 4.78 is 9.09. The van der Waals surface area contributed by atoms with Crippen molar-refractivity contribution in [2.45, 2.75) is 53.1 Å². The van der Waals surface area contributed by atoms with Gasteiger partial charge in [-0.2, -0.15) is 0 Å². The smallest absolute Gasteiger partial charge is 0.280 e. The van der Waals surface area contributed by atoms with Gasteiger partial charge in [-0.05, 0) is 88.2 Å². The highest BCUT2D eigenvalue weighted by Gasteiger charge is 2.28. The summed E-state index contributed by atoms with van der Waals surface area (Å²) in [5.74, 6) is 0.893. The third-order valence-corrected chi connectivity index (χ3v) is 6.45. The summed E-state index contributed by atoms with van der Waals surface area (Å²) in [6.45, 7) is 10.3. The average Bonchev–Trinajstić information content (AvgIpc) is 3.06. The Bertz CT molecular complexity index is 1010. The van der Waals surface area contributed by atoms with Gasteiger partial charge in [0.25, 0.3) is 5.91 Å². The van der Waals surface area contributed by atoms with E-state index in [1.54, 1.807) is 0 Å². The minimum absolute atomic E-state index is 0.0645. The first-order valence-electron chi connectivity index (χ1n) is 8.96. The van der Waals surface area contributed by atoms with Gasteiger partial charge >= 0.3 is 0 Å². The Balaban J connectivity index is 1.73. The fraction of sp³-hybridized carbons (Fsp3) is 0.381. The van der Waals surface area contributed by atoms with Crippen molar-refractivity contribution in [2.75, 3.05) is 5.43 Å². The molecule has 0 unspecified atom stereocenters. The average molecular weight is 369 g/mol. The number of aromatic nitrogens is 1. The van der Waals surface area contributed by atoms with E-state index < -0.39 is 0 Å². The van der Waals surface area contributed by atoms with Crippen LogP contribution in [-0.4, -0.2) is 16.2 Å². The second-order valence-electron chi connectivity index (χ2n) is 7.77. The van der Waals surface area contributed by atoms with Gasteiger partial charge in [0, 0.05) is 16.1 Å². The molecule has 1 N–H and O–H groups in total. The van der Waals surface area contributed by atoms with E-state index in [-0.39, 0.29) is 11.5 Å². The zero-order chi connectivity index (χ0) is 18.6. The normalized spacial score (nSPS) is 15.6. The number of thiophene rings is 1. The Morgan fingerprint density at radius 3 is 2.58 bits per heavy atom. The molecule has 4 rings (SSSR count). The topological polar surface area (TPSA) is 43.3 Å². The van der Waals surface area contributed by atoms with Crippen molar-refractivity contribution in [3.63, 3.8) is 0 Å². The number of rotatable bonds is 2. The van der Waals surface area contributed by atoms with Gasteiger partial charge in [-0.1, -0.05) is 0 Å². The third-order valence-electron chi connectivity index (χ3n) is 5.19. The number of hydrogen-bond donors (Lipinski definition) is 1. The summed E-state index contributed by atoms with van der Waals surface area (Å²) in [5.41, 5.74) is 7.19. The Hall–Kier alpha value is -2.27. The molecule has 26 heavy (non-hydrogen) atoms. The Morgan fingerprint density at radius 2 is 1.88 bits per heavy atom. The summed E-state index contributed by atoms with van der Waals surface area (Å²) in [6.07, 6.45) is 2.02. The molecular formula is C21H24N2O2S. The predicted molar refractivity (Wildman–Crippen MR) is 107 cm³/mol. The number of hydrogen-bond acceptors (Lipinski definition) is 3. The van der Waals surface area contributed by atoms with Crippen molar-refractivity contribution in [1.82, 2.24) is 4.68 Å². The molecule has 1 aromatic carbocycles. The van der Waals surface area contributed by atoms with Crippen molar-refractivity contribution in [1.29, 1.82) is 0 Å². The van der Waals surface area contributed by atoms with E-state index in [0.717, 1.165) is 50.5 Å². The molecule has 0 radical (unpaired) electrons. The maximum atomic E-state index is 12.9. The monoisotopic (exact) mass is 368 g/mol. The first kappa shape index (κ1) is 17.2. The highest BCUT2D eigenvalue weighted by molar-refractivity contribution is 7.21. The van der Waals surface area contributed by atoms with E-state index >= 15 is 0 Å². The standard InChI is InChI=1S/C21H24N2O2S/c1-12-6-7-13(2)23(12)22-20(24)19-14(3)16-10-15-8-9-21(4,5)25-17(15)11-18(16)26-19/h6-7,10-11H,8-9H2,1-5H3,(H,22,24).